The molecular formula is C8H11NO4. The molecule has 1 atom stereocenters. The van der Waals surface area contributed by atoms with Crippen LogP contribution in [0.5, 0.6) is 0 Å². The van der Waals surface area contributed by atoms with Gasteiger partial charge in [-0.2, -0.15) is 0 Å². The lowest BCUT2D eigenvalue weighted by atomic mass is 10.2. The molecule has 13 heavy (non-hydrogen) atoms. The first-order valence-electron chi connectivity index (χ1n) is 3.68. The topological polar surface area (TPSA) is 86.6 Å². The lowest BCUT2D eigenvalue weighted by Gasteiger charge is -2.10. The fraction of sp³-hybridized carbons (Fsp3) is 0.500. The normalized spacial score (nSPS) is 11.4. The van der Waals surface area contributed by atoms with E-state index >= 15 is 0 Å². The second-order valence-corrected chi connectivity index (χ2v) is 2.35. The number of carboxylic acids is 1. The number of carboxylic acid groups (broad SMARTS) is 1. The number of terminal acetylenes is 1. The van der Waals surface area contributed by atoms with Crippen LogP contribution in [0.15, 0.2) is 0 Å². The Balaban J connectivity index is 3.88. The Hall–Kier alpha value is -1.54. The second kappa shape index (κ2) is 6.03. The van der Waals surface area contributed by atoms with Crippen molar-refractivity contribution in [1.82, 2.24) is 5.32 Å². The molecule has 0 saturated carbocycles. The highest BCUT2D eigenvalue weighted by Crippen LogP contribution is 1.89. The van der Waals surface area contributed by atoms with Gasteiger partial charge in [0, 0.05) is 12.8 Å². The van der Waals surface area contributed by atoms with Crippen molar-refractivity contribution in [3.63, 3.8) is 0 Å². The molecule has 1 unspecified atom stereocenters. The average molecular weight is 185 g/mol. The van der Waals surface area contributed by atoms with Crippen LogP contribution in [0.2, 0.25) is 0 Å². The van der Waals surface area contributed by atoms with Gasteiger partial charge in [-0.15, -0.1) is 12.3 Å². The van der Waals surface area contributed by atoms with E-state index in [4.69, 9.17) is 16.6 Å². The van der Waals surface area contributed by atoms with Gasteiger partial charge in [0.15, 0.2) is 0 Å². The standard InChI is InChI=1S/C8H11NO4/c1-2-3-4-7(11)9-6(5-10)8(12)13/h1,6,10H,3-5H2,(H,9,11)(H,12,13). The molecule has 0 rings (SSSR count). The van der Waals surface area contributed by atoms with E-state index in [9.17, 15) is 9.59 Å². The zero-order chi connectivity index (χ0) is 10.3. The van der Waals surface area contributed by atoms with Crippen molar-refractivity contribution in [3.05, 3.63) is 0 Å². The molecule has 72 valence electrons. The Morgan fingerprint density at radius 2 is 2.15 bits per heavy atom. The number of hydrogen-bond donors (Lipinski definition) is 3. The van der Waals surface area contributed by atoms with Gasteiger partial charge in [0.25, 0.3) is 0 Å². The first-order chi connectivity index (χ1) is 6.11. The van der Waals surface area contributed by atoms with Gasteiger partial charge in [-0.25, -0.2) is 4.79 Å². The number of amides is 1. The van der Waals surface area contributed by atoms with E-state index in [-0.39, 0.29) is 12.8 Å². The van der Waals surface area contributed by atoms with Crippen LogP contribution in [0.25, 0.3) is 0 Å². The number of carbonyl (C=O) groups excluding carboxylic acids is 1. The molecule has 0 saturated heterocycles. The molecule has 1 amide bonds. The number of carbonyl (C=O) groups is 2. The van der Waals surface area contributed by atoms with Gasteiger partial charge >= 0.3 is 5.97 Å². The Labute approximate surface area is 75.8 Å². The molecular weight excluding hydrogens is 174 g/mol. The zero-order valence-electron chi connectivity index (χ0n) is 6.99. The van der Waals surface area contributed by atoms with Gasteiger partial charge in [-0.05, 0) is 0 Å². The molecule has 5 nitrogen and oxygen atoms in total. The molecule has 0 radical (unpaired) electrons. The summed E-state index contributed by atoms with van der Waals surface area (Å²) in [5, 5.41) is 19.1. The van der Waals surface area contributed by atoms with Crippen LogP contribution in [-0.4, -0.2) is 34.7 Å². The summed E-state index contributed by atoms with van der Waals surface area (Å²) < 4.78 is 0. The minimum atomic E-state index is -1.27. The molecule has 5 heteroatoms. The molecule has 0 aliphatic carbocycles. The predicted octanol–water partition coefficient (Wildman–Crippen LogP) is -1.04. The van der Waals surface area contributed by atoms with E-state index in [2.05, 4.69) is 11.2 Å². The summed E-state index contributed by atoms with van der Waals surface area (Å²) in [6, 6.07) is -1.25. The van der Waals surface area contributed by atoms with Gasteiger partial charge in [0.2, 0.25) is 5.91 Å². The largest absolute Gasteiger partial charge is 0.480 e. The highest BCUT2D eigenvalue weighted by Gasteiger charge is 2.17. The lowest BCUT2D eigenvalue weighted by molar-refractivity contribution is -0.142. The van der Waals surface area contributed by atoms with Crippen LogP contribution >= 0.6 is 0 Å². The highest BCUT2D eigenvalue weighted by molar-refractivity contribution is 5.83. The van der Waals surface area contributed by atoms with Gasteiger partial charge < -0.3 is 15.5 Å². The van der Waals surface area contributed by atoms with Crippen LogP contribution in [0, 0.1) is 12.3 Å². The van der Waals surface area contributed by atoms with E-state index in [1.165, 1.54) is 0 Å². The number of hydrogen-bond acceptors (Lipinski definition) is 3. The first kappa shape index (κ1) is 11.5. The van der Waals surface area contributed by atoms with E-state index < -0.39 is 24.5 Å². The van der Waals surface area contributed by atoms with Crippen molar-refractivity contribution < 1.29 is 19.8 Å². The molecule has 0 aromatic heterocycles. The number of aliphatic carboxylic acids is 1. The summed E-state index contributed by atoms with van der Waals surface area (Å²) in [5.74, 6) is 0.508. The first-order valence-corrected chi connectivity index (χ1v) is 3.68. The predicted molar refractivity (Wildman–Crippen MR) is 44.7 cm³/mol. The Morgan fingerprint density at radius 1 is 1.54 bits per heavy atom. The third kappa shape index (κ3) is 4.82. The summed E-state index contributed by atoms with van der Waals surface area (Å²) in [7, 11) is 0. The van der Waals surface area contributed by atoms with Gasteiger partial charge in [0.1, 0.15) is 6.04 Å². The number of aliphatic hydroxyl groups excluding tert-OH is 1. The van der Waals surface area contributed by atoms with Crippen molar-refractivity contribution in [2.45, 2.75) is 18.9 Å². The minimum absolute atomic E-state index is 0.0697. The van der Waals surface area contributed by atoms with E-state index in [0.29, 0.717) is 0 Å². The maximum atomic E-state index is 10.9. The summed E-state index contributed by atoms with van der Waals surface area (Å²) in [5.41, 5.74) is 0. The molecule has 0 spiro atoms. The van der Waals surface area contributed by atoms with Crippen molar-refractivity contribution in [3.8, 4) is 12.3 Å². The quantitative estimate of drug-likeness (QED) is 0.477. The van der Waals surface area contributed by atoms with E-state index in [1.54, 1.807) is 0 Å². The molecule has 0 fully saturated rings. The number of rotatable bonds is 5. The van der Waals surface area contributed by atoms with E-state index in [0.717, 1.165) is 0 Å². The van der Waals surface area contributed by atoms with Crippen molar-refractivity contribution >= 4 is 11.9 Å². The smallest absolute Gasteiger partial charge is 0.328 e. The average Bonchev–Trinajstić information content (AvgIpc) is 2.10. The minimum Gasteiger partial charge on any atom is -0.480 e. The van der Waals surface area contributed by atoms with Crippen molar-refractivity contribution in [1.29, 1.82) is 0 Å². The van der Waals surface area contributed by atoms with Gasteiger partial charge in [-0.1, -0.05) is 0 Å². The van der Waals surface area contributed by atoms with E-state index in [1.807, 2.05) is 0 Å². The summed E-state index contributed by atoms with van der Waals surface area (Å²) in [6.45, 7) is -0.628. The number of aliphatic hydroxyl groups is 1. The SMILES string of the molecule is C#CCCC(=O)NC(CO)C(=O)O. The summed E-state index contributed by atoms with van der Waals surface area (Å²) >= 11 is 0. The third-order valence-corrected chi connectivity index (χ3v) is 1.31. The molecule has 0 heterocycles. The molecule has 0 aliphatic rings. The van der Waals surface area contributed by atoms with Crippen LogP contribution in [0.3, 0.4) is 0 Å². The fourth-order valence-corrected chi connectivity index (χ4v) is 0.638. The highest BCUT2D eigenvalue weighted by atomic mass is 16.4. The molecule has 3 N–H and O–H groups in total. The van der Waals surface area contributed by atoms with Gasteiger partial charge in [-0.3, -0.25) is 4.79 Å². The Kier molecular flexibility index (Phi) is 5.32. The van der Waals surface area contributed by atoms with Crippen molar-refractivity contribution in [2.75, 3.05) is 6.61 Å². The third-order valence-electron chi connectivity index (χ3n) is 1.31. The molecule has 0 aliphatic heterocycles. The maximum Gasteiger partial charge on any atom is 0.328 e. The maximum absolute atomic E-state index is 10.9. The number of nitrogens with one attached hydrogen (secondary N) is 1. The van der Waals surface area contributed by atoms with Crippen LogP contribution in [0.4, 0.5) is 0 Å². The fourth-order valence-electron chi connectivity index (χ4n) is 0.638. The van der Waals surface area contributed by atoms with Crippen LogP contribution in [-0.2, 0) is 9.59 Å². The van der Waals surface area contributed by atoms with Crippen molar-refractivity contribution in [2.24, 2.45) is 0 Å². The van der Waals surface area contributed by atoms with Crippen LogP contribution in [0.1, 0.15) is 12.8 Å². The summed E-state index contributed by atoms with van der Waals surface area (Å²) in [4.78, 5) is 21.2. The second-order valence-electron chi connectivity index (χ2n) is 2.35. The lowest BCUT2D eigenvalue weighted by Crippen LogP contribution is -2.43. The molecule has 0 bridgehead atoms. The monoisotopic (exact) mass is 185 g/mol. The van der Waals surface area contributed by atoms with Gasteiger partial charge in [0.05, 0.1) is 6.61 Å². The Morgan fingerprint density at radius 3 is 2.54 bits per heavy atom. The molecule has 0 aromatic rings. The molecule has 0 aromatic carbocycles. The van der Waals surface area contributed by atoms with Crippen LogP contribution < -0.4 is 5.32 Å². The summed E-state index contributed by atoms with van der Waals surface area (Å²) in [6.07, 6.45) is 5.23. The zero-order valence-corrected chi connectivity index (χ0v) is 6.99. The Bertz CT molecular complexity index is 231.